The molecule has 2 rings (SSSR count). The second kappa shape index (κ2) is 5.63. The molecule has 1 aliphatic rings. The van der Waals surface area contributed by atoms with Crippen molar-refractivity contribution in [3.8, 4) is 5.75 Å². The molecule has 0 spiro atoms. The van der Waals surface area contributed by atoms with E-state index in [2.05, 4.69) is 5.32 Å². The van der Waals surface area contributed by atoms with Crippen molar-refractivity contribution in [1.82, 2.24) is 10.2 Å². The lowest BCUT2D eigenvalue weighted by Gasteiger charge is -2.41. The number of benzene rings is 1. The standard InChI is InChI=1S/C17H24N2O3/c1-16(2,3)22-13-8-6-12(7-9-13)14(20)19-11-10-18-15(21)17(19,4)5/h6-9H,10-11H2,1-5H3,(H,18,21). The van der Waals surface area contributed by atoms with Crippen LogP contribution in [0.2, 0.25) is 0 Å². The van der Waals surface area contributed by atoms with Gasteiger partial charge in [-0.25, -0.2) is 0 Å². The second-order valence-corrected chi connectivity index (χ2v) is 7.01. The Labute approximate surface area is 131 Å². The van der Waals surface area contributed by atoms with Crippen LogP contribution in [0.3, 0.4) is 0 Å². The van der Waals surface area contributed by atoms with Crippen molar-refractivity contribution >= 4 is 11.8 Å². The summed E-state index contributed by atoms with van der Waals surface area (Å²) < 4.78 is 5.75. The van der Waals surface area contributed by atoms with Crippen molar-refractivity contribution in [2.24, 2.45) is 0 Å². The molecule has 0 aromatic heterocycles. The minimum atomic E-state index is -0.837. The maximum atomic E-state index is 12.7. The van der Waals surface area contributed by atoms with E-state index in [-0.39, 0.29) is 17.4 Å². The van der Waals surface area contributed by atoms with Gasteiger partial charge in [-0.3, -0.25) is 9.59 Å². The van der Waals surface area contributed by atoms with Crippen molar-refractivity contribution in [3.63, 3.8) is 0 Å². The predicted octanol–water partition coefficient (Wildman–Crippen LogP) is 2.21. The zero-order chi connectivity index (χ0) is 16.5. The van der Waals surface area contributed by atoms with Crippen LogP contribution < -0.4 is 10.1 Å². The highest BCUT2D eigenvalue weighted by Gasteiger charge is 2.40. The third kappa shape index (κ3) is 3.40. The third-order valence-electron chi connectivity index (χ3n) is 3.62. The number of nitrogens with zero attached hydrogens (tertiary/aromatic N) is 1. The van der Waals surface area contributed by atoms with Gasteiger partial charge < -0.3 is 15.0 Å². The number of hydrogen-bond donors (Lipinski definition) is 1. The Kier molecular flexibility index (Phi) is 4.18. The van der Waals surface area contributed by atoms with Crippen LogP contribution in [0, 0.1) is 0 Å². The first kappa shape index (κ1) is 16.3. The molecule has 1 saturated heterocycles. The summed E-state index contributed by atoms with van der Waals surface area (Å²) in [6.45, 7) is 10.4. The van der Waals surface area contributed by atoms with E-state index in [0.717, 1.165) is 5.75 Å². The molecule has 0 bridgehead atoms. The van der Waals surface area contributed by atoms with Gasteiger partial charge in [-0.15, -0.1) is 0 Å². The zero-order valence-corrected chi connectivity index (χ0v) is 13.9. The Hall–Kier alpha value is -2.04. The van der Waals surface area contributed by atoms with E-state index in [4.69, 9.17) is 4.74 Å². The molecule has 1 aliphatic heterocycles. The van der Waals surface area contributed by atoms with Crippen LogP contribution in [0.4, 0.5) is 0 Å². The van der Waals surface area contributed by atoms with Gasteiger partial charge >= 0.3 is 0 Å². The average molecular weight is 304 g/mol. The quantitative estimate of drug-likeness (QED) is 0.911. The van der Waals surface area contributed by atoms with Gasteiger partial charge in [-0.1, -0.05) is 0 Å². The van der Waals surface area contributed by atoms with E-state index in [1.54, 1.807) is 43.0 Å². The molecule has 1 N–H and O–H groups in total. The second-order valence-electron chi connectivity index (χ2n) is 7.01. The lowest BCUT2D eigenvalue weighted by Crippen LogP contribution is -2.63. The van der Waals surface area contributed by atoms with Crippen molar-refractivity contribution < 1.29 is 14.3 Å². The summed E-state index contributed by atoms with van der Waals surface area (Å²) in [6, 6.07) is 7.06. The predicted molar refractivity (Wildman–Crippen MR) is 84.9 cm³/mol. The van der Waals surface area contributed by atoms with Gasteiger partial charge in [-0.2, -0.15) is 0 Å². The number of carbonyl (C=O) groups is 2. The van der Waals surface area contributed by atoms with Crippen LogP contribution in [0.25, 0.3) is 0 Å². The highest BCUT2D eigenvalue weighted by atomic mass is 16.5. The highest BCUT2D eigenvalue weighted by Crippen LogP contribution is 2.23. The largest absolute Gasteiger partial charge is 0.488 e. The number of nitrogens with one attached hydrogen (secondary N) is 1. The van der Waals surface area contributed by atoms with Gasteiger partial charge in [0.05, 0.1) is 0 Å². The number of hydrogen-bond acceptors (Lipinski definition) is 3. The maximum absolute atomic E-state index is 12.7. The summed E-state index contributed by atoms with van der Waals surface area (Å²) >= 11 is 0. The number of rotatable bonds is 2. The number of amides is 2. The molecule has 0 aliphatic carbocycles. The van der Waals surface area contributed by atoms with E-state index in [0.29, 0.717) is 18.7 Å². The summed E-state index contributed by atoms with van der Waals surface area (Å²) in [5.41, 5.74) is -0.557. The smallest absolute Gasteiger partial charge is 0.254 e. The Bertz CT molecular complexity index is 571. The molecule has 1 fully saturated rings. The topological polar surface area (TPSA) is 58.6 Å². The first-order valence-corrected chi connectivity index (χ1v) is 7.50. The Morgan fingerprint density at radius 3 is 2.36 bits per heavy atom. The zero-order valence-electron chi connectivity index (χ0n) is 13.9. The van der Waals surface area contributed by atoms with Gasteiger partial charge in [0.1, 0.15) is 16.9 Å². The van der Waals surface area contributed by atoms with Gasteiger partial charge in [0, 0.05) is 18.7 Å². The minimum absolute atomic E-state index is 0.125. The Morgan fingerprint density at radius 2 is 1.82 bits per heavy atom. The van der Waals surface area contributed by atoms with Crippen LogP contribution >= 0.6 is 0 Å². The highest BCUT2D eigenvalue weighted by molar-refractivity contribution is 5.99. The molecular weight excluding hydrogens is 280 g/mol. The van der Waals surface area contributed by atoms with Gasteiger partial charge in [0.25, 0.3) is 5.91 Å². The van der Waals surface area contributed by atoms with Gasteiger partial charge in [-0.05, 0) is 58.9 Å². The van der Waals surface area contributed by atoms with Gasteiger partial charge in [0.15, 0.2) is 0 Å². The summed E-state index contributed by atoms with van der Waals surface area (Å²) in [5, 5.41) is 2.79. The molecule has 5 nitrogen and oxygen atoms in total. The Balaban J connectivity index is 2.17. The van der Waals surface area contributed by atoms with E-state index >= 15 is 0 Å². The SMILES string of the molecule is CC(C)(C)Oc1ccc(C(=O)N2CCNC(=O)C2(C)C)cc1. The summed E-state index contributed by atoms with van der Waals surface area (Å²) in [4.78, 5) is 26.2. The fourth-order valence-electron chi connectivity index (χ4n) is 2.43. The molecular formula is C17H24N2O3. The molecule has 5 heteroatoms. The van der Waals surface area contributed by atoms with E-state index in [9.17, 15) is 9.59 Å². The summed E-state index contributed by atoms with van der Waals surface area (Å²) in [6.07, 6.45) is 0. The number of piperazine rings is 1. The average Bonchev–Trinajstić information content (AvgIpc) is 2.40. The minimum Gasteiger partial charge on any atom is -0.488 e. The molecule has 1 aromatic rings. The summed E-state index contributed by atoms with van der Waals surface area (Å²) in [5.74, 6) is 0.460. The molecule has 2 amide bonds. The van der Waals surface area contributed by atoms with Gasteiger partial charge in [0.2, 0.25) is 5.91 Å². The van der Waals surface area contributed by atoms with Crippen LogP contribution in [0.1, 0.15) is 45.0 Å². The maximum Gasteiger partial charge on any atom is 0.254 e. The van der Waals surface area contributed by atoms with Crippen molar-refractivity contribution in [2.75, 3.05) is 13.1 Å². The van der Waals surface area contributed by atoms with E-state index in [1.165, 1.54) is 0 Å². The molecule has 0 atom stereocenters. The molecule has 1 heterocycles. The van der Waals surface area contributed by atoms with Crippen molar-refractivity contribution in [2.45, 2.75) is 45.8 Å². The first-order valence-electron chi connectivity index (χ1n) is 7.50. The lowest BCUT2D eigenvalue weighted by molar-refractivity contribution is -0.133. The van der Waals surface area contributed by atoms with E-state index in [1.807, 2.05) is 20.8 Å². The van der Waals surface area contributed by atoms with Crippen LogP contribution in [0.5, 0.6) is 5.75 Å². The van der Waals surface area contributed by atoms with Crippen LogP contribution in [-0.2, 0) is 4.79 Å². The molecule has 0 unspecified atom stereocenters. The lowest BCUT2D eigenvalue weighted by atomic mass is 9.97. The third-order valence-corrected chi connectivity index (χ3v) is 3.62. The van der Waals surface area contributed by atoms with E-state index < -0.39 is 5.54 Å². The fraction of sp³-hybridized carbons (Fsp3) is 0.529. The monoisotopic (exact) mass is 304 g/mol. The van der Waals surface area contributed by atoms with Crippen LogP contribution in [0.15, 0.2) is 24.3 Å². The van der Waals surface area contributed by atoms with Crippen LogP contribution in [-0.4, -0.2) is 40.9 Å². The molecule has 22 heavy (non-hydrogen) atoms. The molecule has 120 valence electrons. The van der Waals surface area contributed by atoms with Crippen molar-refractivity contribution in [3.05, 3.63) is 29.8 Å². The number of ether oxygens (including phenoxy) is 1. The number of carbonyl (C=O) groups excluding carboxylic acids is 2. The Morgan fingerprint density at radius 1 is 1.23 bits per heavy atom. The normalized spacial score (nSPS) is 17.9. The fourth-order valence-corrected chi connectivity index (χ4v) is 2.43. The van der Waals surface area contributed by atoms with Crippen molar-refractivity contribution in [1.29, 1.82) is 0 Å². The first-order chi connectivity index (χ1) is 10.1. The molecule has 0 saturated carbocycles. The molecule has 1 aromatic carbocycles. The molecule has 0 radical (unpaired) electrons. The summed E-state index contributed by atoms with van der Waals surface area (Å²) in [7, 11) is 0.